The molecule has 2 fully saturated rings. The number of isocyanates is 4. The molecule has 2 atom stereocenters. The van der Waals surface area contributed by atoms with E-state index in [0.717, 1.165) is 12.8 Å². The number of hydrogen-bond donors (Lipinski definition) is 0. The standard InChI is InChI=1S/C7H8N2O2.C6H6N2O2/c10-4-8-6-1-2-7(3-6)9-5-11;9-3-7-5-1-6(2-5)8-4-10/h6-7H,1-3H2;5-6H,1-2H2. The van der Waals surface area contributed by atoms with Crippen molar-refractivity contribution in [3.63, 3.8) is 0 Å². The zero-order valence-corrected chi connectivity index (χ0v) is 11.3. The van der Waals surface area contributed by atoms with E-state index in [2.05, 4.69) is 20.0 Å². The molecule has 8 nitrogen and oxygen atoms in total. The van der Waals surface area contributed by atoms with Gasteiger partial charge in [0.15, 0.2) is 0 Å². The average molecular weight is 290 g/mol. The Kier molecular flexibility index (Phi) is 7.44. The predicted octanol–water partition coefficient (Wildman–Crippen LogP) is 0.768. The van der Waals surface area contributed by atoms with Gasteiger partial charge in [-0.1, -0.05) is 0 Å². The Morgan fingerprint density at radius 1 is 0.524 bits per heavy atom. The van der Waals surface area contributed by atoms with E-state index >= 15 is 0 Å². The number of aliphatic imine (C=N–C) groups is 4. The van der Waals surface area contributed by atoms with Gasteiger partial charge in [0.25, 0.3) is 0 Å². The fourth-order valence-electron chi connectivity index (χ4n) is 2.24. The summed E-state index contributed by atoms with van der Waals surface area (Å²) in [5.74, 6) is 0. The summed E-state index contributed by atoms with van der Waals surface area (Å²) < 4.78 is 0. The van der Waals surface area contributed by atoms with Crippen LogP contribution in [0.15, 0.2) is 20.0 Å². The van der Waals surface area contributed by atoms with Crippen molar-refractivity contribution in [1.82, 2.24) is 0 Å². The smallest absolute Gasteiger partial charge is 0.211 e. The minimum Gasteiger partial charge on any atom is -0.211 e. The van der Waals surface area contributed by atoms with Gasteiger partial charge in [-0.2, -0.15) is 0 Å². The Labute approximate surface area is 120 Å². The molecule has 2 aliphatic carbocycles. The number of rotatable bonds is 4. The van der Waals surface area contributed by atoms with Crippen LogP contribution in [-0.4, -0.2) is 48.5 Å². The fraction of sp³-hybridized carbons (Fsp3) is 0.692. The molecule has 0 aromatic rings. The summed E-state index contributed by atoms with van der Waals surface area (Å²) in [7, 11) is 0. The maximum atomic E-state index is 9.83. The van der Waals surface area contributed by atoms with Crippen LogP contribution in [-0.2, 0) is 19.2 Å². The Balaban J connectivity index is 0.000000211. The molecule has 2 rings (SSSR count). The van der Waals surface area contributed by atoms with E-state index in [-0.39, 0.29) is 24.2 Å². The van der Waals surface area contributed by atoms with Gasteiger partial charge in [-0.25, -0.2) is 39.1 Å². The number of hydrogen-bond acceptors (Lipinski definition) is 8. The molecule has 2 saturated carbocycles. The summed E-state index contributed by atoms with van der Waals surface area (Å²) in [6.45, 7) is 0. The zero-order valence-electron chi connectivity index (χ0n) is 11.3. The molecule has 21 heavy (non-hydrogen) atoms. The van der Waals surface area contributed by atoms with Gasteiger partial charge in [0.05, 0.1) is 24.2 Å². The summed E-state index contributed by atoms with van der Waals surface area (Å²) in [6.07, 6.45) is 9.65. The van der Waals surface area contributed by atoms with Crippen LogP contribution >= 0.6 is 0 Å². The van der Waals surface area contributed by atoms with Crippen LogP contribution in [0, 0.1) is 0 Å². The Morgan fingerprint density at radius 3 is 1.14 bits per heavy atom. The van der Waals surface area contributed by atoms with Crippen LogP contribution in [0.5, 0.6) is 0 Å². The molecule has 0 radical (unpaired) electrons. The summed E-state index contributed by atoms with van der Waals surface area (Å²) in [6, 6.07) is 0.128. The van der Waals surface area contributed by atoms with Gasteiger partial charge in [-0.3, -0.25) is 0 Å². The quantitative estimate of drug-likeness (QED) is 0.561. The first-order chi connectivity index (χ1) is 10.2. The van der Waals surface area contributed by atoms with E-state index in [1.807, 2.05) is 0 Å². The van der Waals surface area contributed by atoms with Crippen LogP contribution in [0.2, 0.25) is 0 Å². The Hall–Kier alpha value is -2.48. The second-order valence-electron chi connectivity index (χ2n) is 4.78. The minimum atomic E-state index is 0.0228. The van der Waals surface area contributed by atoms with Gasteiger partial charge >= 0.3 is 0 Å². The van der Waals surface area contributed by atoms with Crippen molar-refractivity contribution in [2.45, 2.75) is 56.3 Å². The summed E-state index contributed by atoms with van der Waals surface area (Å²) in [5.41, 5.74) is 0. The fourth-order valence-corrected chi connectivity index (χ4v) is 2.24. The van der Waals surface area contributed by atoms with Crippen molar-refractivity contribution >= 4 is 24.3 Å². The molecule has 0 bridgehead atoms. The van der Waals surface area contributed by atoms with Crippen molar-refractivity contribution in [2.24, 2.45) is 20.0 Å². The molecular formula is C13H14N4O4. The molecular weight excluding hydrogens is 276 g/mol. The molecule has 0 amide bonds. The lowest BCUT2D eigenvalue weighted by atomic mass is 9.88. The average Bonchev–Trinajstić information content (AvgIpc) is 2.86. The summed E-state index contributed by atoms with van der Waals surface area (Å²) in [4.78, 5) is 53.1. The first kappa shape index (κ1) is 16.6. The van der Waals surface area contributed by atoms with E-state index in [1.54, 1.807) is 0 Å². The first-order valence-corrected chi connectivity index (χ1v) is 6.51. The van der Waals surface area contributed by atoms with E-state index < -0.39 is 0 Å². The Morgan fingerprint density at radius 2 is 0.810 bits per heavy atom. The summed E-state index contributed by atoms with van der Waals surface area (Å²) in [5, 5.41) is 0. The molecule has 0 aromatic heterocycles. The van der Waals surface area contributed by atoms with Gasteiger partial charge < -0.3 is 0 Å². The first-order valence-electron chi connectivity index (χ1n) is 6.51. The molecule has 0 N–H and O–H groups in total. The third-order valence-electron chi connectivity index (χ3n) is 3.41. The maximum absolute atomic E-state index is 9.83. The lowest BCUT2D eigenvalue weighted by molar-refractivity contribution is 0.353. The Bertz CT molecular complexity index is 486. The highest BCUT2D eigenvalue weighted by molar-refractivity contribution is 5.36. The monoisotopic (exact) mass is 290 g/mol. The third kappa shape index (κ3) is 6.00. The van der Waals surface area contributed by atoms with Crippen molar-refractivity contribution < 1.29 is 19.2 Å². The zero-order chi connectivity index (χ0) is 15.5. The highest BCUT2D eigenvalue weighted by Crippen LogP contribution is 2.25. The third-order valence-corrected chi connectivity index (χ3v) is 3.41. The van der Waals surface area contributed by atoms with Crippen LogP contribution < -0.4 is 0 Å². The highest BCUT2D eigenvalue weighted by Gasteiger charge is 2.28. The molecule has 0 heterocycles. The molecule has 0 spiro atoms. The van der Waals surface area contributed by atoms with E-state index in [0.29, 0.717) is 19.3 Å². The van der Waals surface area contributed by atoms with Gasteiger partial charge in [0, 0.05) is 0 Å². The normalized spacial score (nSPS) is 29.0. The van der Waals surface area contributed by atoms with E-state index in [1.165, 1.54) is 24.3 Å². The van der Waals surface area contributed by atoms with Gasteiger partial charge in [0.1, 0.15) is 0 Å². The maximum Gasteiger partial charge on any atom is 0.235 e. The molecule has 2 unspecified atom stereocenters. The van der Waals surface area contributed by atoms with Crippen LogP contribution in [0.4, 0.5) is 0 Å². The molecule has 2 aliphatic rings. The second-order valence-corrected chi connectivity index (χ2v) is 4.78. The second kappa shape index (κ2) is 9.43. The van der Waals surface area contributed by atoms with Crippen LogP contribution in [0.1, 0.15) is 32.1 Å². The van der Waals surface area contributed by atoms with Crippen molar-refractivity contribution in [3.05, 3.63) is 0 Å². The van der Waals surface area contributed by atoms with Gasteiger partial charge in [-0.05, 0) is 32.1 Å². The largest absolute Gasteiger partial charge is 0.235 e. The number of nitrogens with zero attached hydrogens (tertiary/aromatic N) is 4. The lowest BCUT2D eigenvalue weighted by Crippen LogP contribution is -2.30. The van der Waals surface area contributed by atoms with Crippen molar-refractivity contribution in [1.29, 1.82) is 0 Å². The topological polar surface area (TPSA) is 118 Å². The SMILES string of the molecule is O=C=NC1CC(N=C=O)C1.O=C=NC1CCC(N=C=O)C1. The molecule has 110 valence electrons. The molecule has 8 heteroatoms. The van der Waals surface area contributed by atoms with Gasteiger partial charge in [0.2, 0.25) is 24.3 Å². The lowest BCUT2D eigenvalue weighted by Gasteiger charge is -2.26. The molecule has 0 saturated heterocycles. The van der Waals surface area contributed by atoms with Crippen molar-refractivity contribution in [3.8, 4) is 0 Å². The van der Waals surface area contributed by atoms with Crippen molar-refractivity contribution in [2.75, 3.05) is 0 Å². The van der Waals surface area contributed by atoms with Crippen LogP contribution in [0.25, 0.3) is 0 Å². The van der Waals surface area contributed by atoms with Gasteiger partial charge in [-0.15, -0.1) is 0 Å². The highest BCUT2D eigenvalue weighted by atomic mass is 16.1. The van der Waals surface area contributed by atoms with E-state index in [9.17, 15) is 19.2 Å². The van der Waals surface area contributed by atoms with E-state index in [4.69, 9.17) is 0 Å². The molecule has 0 aromatic carbocycles. The predicted molar refractivity (Wildman–Crippen MR) is 70.7 cm³/mol. The summed E-state index contributed by atoms with van der Waals surface area (Å²) >= 11 is 0. The number of carbonyl (C=O) groups excluding carboxylic acids is 4. The minimum absolute atomic E-state index is 0.0228. The molecule has 0 aliphatic heterocycles. The van der Waals surface area contributed by atoms with Crippen LogP contribution in [0.3, 0.4) is 0 Å².